The molecule has 1 fully saturated rings. The van der Waals surface area contributed by atoms with Crippen molar-refractivity contribution in [3.05, 3.63) is 28.8 Å². The maximum atomic E-state index is 12.5. The third-order valence-electron chi connectivity index (χ3n) is 4.48. The van der Waals surface area contributed by atoms with Gasteiger partial charge in [0.15, 0.2) is 6.10 Å². The minimum absolute atomic E-state index is 0.0625. The number of aliphatic hydroxyl groups excluding tert-OH is 1. The highest BCUT2D eigenvalue weighted by atomic mass is 16.5. The van der Waals surface area contributed by atoms with Gasteiger partial charge in [0.05, 0.1) is 0 Å². The van der Waals surface area contributed by atoms with Crippen molar-refractivity contribution < 1.29 is 14.6 Å². The topological polar surface area (TPSA) is 49.8 Å². The average molecular weight is 275 g/mol. The van der Waals surface area contributed by atoms with Crippen molar-refractivity contribution in [1.29, 1.82) is 0 Å². The third kappa shape index (κ3) is 2.29. The lowest BCUT2D eigenvalue weighted by Gasteiger charge is -2.20. The summed E-state index contributed by atoms with van der Waals surface area (Å²) in [5.41, 5.74) is 3.56. The van der Waals surface area contributed by atoms with Crippen molar-refractivity contribution in [2.45, 2.75) is 32.8 Å². The molecule has 4 nitrogen and oxygen atoms in total. The Hall–Kier alpha value is -1.55. The monoisotopic (exact) mass is 275 g/mol. The number of fused-ring (bicyclic) bond motifs is 1. The standard InChI is InChI=1S/C16H21NO3/c1-10-5-13-7-15(20-14(13)6-11(10)2)16(19)17-4-3-12(8-17)9-18/h5-6,12,15,18H,3-4,7-9H2,1-2H3. The van der Waals surface area contributed by atoms with Gasteiger partial charge in [-0.15, -0.1) is 0 Å². The summed E-state index contributed by atoms with van der Waals surface area (Å²) >= 11 is 0. The number of hydrogen-bond acceptors (Lipinski definition) is 3. The number of likely N-dealkylation sites (tertiary alicyclic amines) is 1. The molecule has 4 heteroatoms. The van der Waals surface area contributed by atoms with E-state index in [0.29, 0.717) is 13.0 Å². The van der Waals surface area contributed by atoms with E-state index in [4.69, 9.17) is 9.84 Å². The Bertz CT molecular complexity index is 510. The fraction of sp³-hybridized carbons (Fsp3) is 0.562. The van der Waals surface area contributed by atoms with Gasteiger partial charge in [0.25, 0.3) is 5.91 Å². The molecular weight excluding hydrogens is 254 g/mol. The molecule has 3 rings (SSSR count). The second-order valence-corrected chi connectivity index (χ2v) is 5.98. The second kappa shape index (κ2) is 5.09. The van der Waals surface area contributed by atoms with Gasteiger partial charge in [-0.3, -0.25) is 4.79 Å². The molecule has 1 saturated heterocycles. The van der Waals surface area contributed by atoms with Crippen molar-refractivity contribution in [2.24, 2.45) is 5.92 Å². The van der Waals surface area contributed by atoms with E-state index in [1.54, 1.807) is 0 Å². The largest absolute Gasteiger partial charge is 0.480 e. The summed E-state index contributed by atoms with van der Waals surface area (Å²) < 4.78 is 5.83. The van der Waals surface area contributed by atoms with Crippen molar-refractivity contribution in [1.82, 2.24) is 4.90 Å². The van der Waals surface area contributed by atoms with Crippen LogP contribution in [0.15, 0.2) is 12.1 Å². The summed E-state index contributed by atoms with van der Waals surface area (Å²) in [6.07, 6.45) is 1.17. The van der Waals surface area contributed by atoms with Crippen molar-refractivity contribution in [3.8, 4) is 5.75 Å². The fourth-order valence-electron chi connectivity index (χ4n) is 3.04. The fourth-order valence-corrected chi connectivity index (χ4v) is 3.04. The molecule has 0 bridgehead atoms. The van der Waals surface area contributed by atoms with Gasteiger partial charge in [-0.1, -0.05) is 6.07 Å². The van der Waals surface area contributed by atoms with Crippen LogP contribution in [-0.4, -0.2) is 41.7 Å². The first-order valence-corrected chi connectivity index (χ1v) is 7.25. The van der Waals surface area contributed by atoms with E-state index in [2.05, 4.69) is 19.9 Å². The number of carbonyl (C=O) groups is 1. The quantitative estimate of drug-likeness (QED) is 0.888. The molecule has 1 aromatic carbocycles. The van der Waals surface area contributed by atoms with Crippen LogP contribution in [0.4, 0.5) is 0 Å². The van der Waals surface area contributed by atoms with E-state index in [-0.39, 0.29) is 24.5 Å². The number of nitrogens with zero attached hydrogens (tertiary/aromatic N) is 1. The number of hydrogen-bond donors (Lipinski definition) is 1. The number of aliphatic hydroxyl groups is 1. The van der Waals surface area contributed by atoms with Crippen LogP contribution in [0, 0.1) is 19.8 Å². The molecule has 2 aliphatic rings. The van der Waals surface area contributed by atoms with Crippen molar-refractivity contribution >= 4 is 5.91 Å². The highest BCUT2D eigenvalue weighted by Crippen LogP contribution is 2.32. The van der Waals surface area contributed by atoms with Gasteiger partial charge in [-0.2, -0.15) is 0 Å². The Morgan fingerprint density at radius 2 is 2.15 bits per heavy atom. The van der Waals surface area contributed by atoms with E-state index >= 15 is 0 Å². The molecule has 2 heterocycles. The Morgan fingerprint density at radius 1 is 1.40 bits per heavy atom. The third-order valence-corrected chi connectivity index (χ3v) is 4.48. The Balaban J connectivity index is 1.70. The molecule has 2 unspecified atom stereocenters. The van der Waals surface area contributed by atoms with Gasteiger partial charge in [-0.25, -0.2) is 0 Å². The average Bonchev–Trinajstić information content (AvgIpc) is 3.05. The molecule has 1 aromatic rings. The molecular formula is C16H21NO3. The van der Waals surface area contributed by atoms with Gasteiger partial charge in [0, 0.05) is 32.0 Å². The normalized spacial score (nSPS) is 24.6. The van der Waals surface area contributed by atoms with E-state index in [0.717, 1.165) is 24.3 Å². The summed E-state index contributed by atoms with van der Waals surface area (Å²) in [6, 6.07) is 4.15. The molecule has 1 amide bonds. The molecule has 0 spiro atoms. The molecule has 1 N–H and O–H groups in total. The number of benzene rings is 1. The van der Waals surface area contributed by atoms with E-state index < -0.39 is 0 Å². The van der Waals surface area contributed by atoms with Crippen LogP contribution < -0.4 is 4.74 Å². The maximum Gasteiger partial charge on any atom is 0.264 e. The van der Waals surface area contributed by atoms with Gasteiger partial charge in [-0.05, 0) is 43.0 Å². The Labute approximate surface area is 119 Å². The lowest BCUT2D eigenvalue weighted by Crippen LogP contribution is -2.40. The van der Waals surface area contributed by atoms with Gasteiger partial charge in [0.1, 0.15) is 5.75 Å². The predicted molar refractivity (Wildman–Crippen MR) is 75.8 cm³/mol. The lowest BCUT2D eigenvalue weighted by molar-refractivity contribution is -0.137. The second-order valence-electron chi connectivity index (χ2n) is 5.98. The summed E-state index contributed by atoms with van der Waals surface area (Å²) in [6.45, 7) is 5.69. The Kier molecular flexibility index (Phi) is 3.42. The van der Waals surface area contributed by atoms with Crippen LogP contribution in [-0.2, 0) is 11.2 Å². The lowest BCUT2D eigenvalue weighted by atomic mass is 10.0. The van der Waals surface area contributed by atoms with Crippen LogP contribution in [0.5, 0.6) is 5.75 Å². The van der Waals surface area contributed by atoms with Crippen molar-refractivity contribution in [2.75, 3.05) is 19.7 Å². The van der Waals surface area contributed by atoms with Gasteiger partial charge < -0.3 is 14.7 Å². The van der Waals surface area contributed by atoms with Crippen LogP contribution in [0.25, 0.3) is 0 Å². The van der Waals surface area contributed by atoms with E-state index in [9.17, 15) is 4.79 Å². The molecule has 0 saturated carbocycles. The summed E-state index contributed by atoms with van der Waals surface area (Å²) in [7, 11) is 0. The minimum atomic E-state index is -0.386. The predicted octanol–water partition coefficient (Wildman–Crippen LogP) is 1.45. The number of carbonyl (C=O) groups excluding carboxylic acids is 1. The SMILES string of the molecule is Cc1cc2c(cc1C)OC(C(=O)N1CCC(CO)C1)C2. The first kappa shape index (κ1) is 13.4. The van der Waals surface area contributed by atoms with Crippen LogP contribution >= 0.6 is 0 Å². The summed E-state index contributed by atoms with van der Waals surface area (Å²) in [4.78, 5) is 14.3. The summed E-state index contributed by atoms with van der Waals surface area (Å²) in [5, 5.41) is 9.16. The molecule has 108 valence electrons. The molecule has 0 radical (unpaired) electrons. The Morgan fingerprint density at radius 3 is 2.85 bits per heavy atom. The zero-order valence-electron chi connectivity index (χ0n) is 12.1. The minimum Gasteiger partial charge on any atom is -0.480 e. The van der Waals surface area contributed by atoms with E-state index in [1.165, 1.54) is 11.1 Å². The van der Waals surface area contributed by atoms with Gasteiger partial charge >= 0.3 is 0 Å². The highest BCUT2D eigenvalue weighted by molar-refractivity contribution is 5.83. The smallest absolute Gasteiger partial charge is 0.264 e. The molecule has 0 aromatic heterocycles. The highest BCUT2D eigenvalue weighted by Gasteiger charge is 2.35. The number of ether oxygens (including phenoxy) is 1. The maximum absolute atomic E-state index is 12.5. The molecule has 20 heavy (non-hydrogen) atoms. The van der Waals surface area contributed by atoms with Crippen LogP contribution in [0.3, 0.4) is 0 Å². The number of rotatable bonds is 2. The first-order valence-electron chi connectivity index (χ1n) is 7.25. The zero-order chi connectivity index (χ0) is 14.3. The van der Waals surface area contributed by atoms with Gasteiger partial charge in [0.2, 0.25) is 0 Å². The number of aryl methyl sites for hydroxylation is 2. The molecule has 2 atom stereocenters. The van der Waals surface area contributed by atoms with Crippen LogP contribution in [0.2, 0.25) is 0 Å². The van der Waals surface area contributed by atoms with Crippen molar-refractivity contribution in [3.63, 3.8) is 0 Å². The van der Waals surface area contributed by atoms with Crippen LogP contribution in [0.1, 0.15) is 23.1 Å². The molecule has 2 aliphatic heterocycles. The first-order chi connectivity index (χ1) is 9.58. The number of amides is 1. The molecule has 0 aliphatic carbocycles. The van der Waals surface area contributed by atoms with E-state index in [1.807, 2.05) is 11.0 Å². The summed E-state index contributed by atoms with van der Waals surface area (Å²) in [5.74, 6) is 1.14. The zero-order valence-corrected chi connectivity index (χ0v) is 12.1.